The van der Waals surface area contributed by atoms with Gasteiger partial charge in [0.05, 0.1) is 38.9 Å². The maximum Gasteiger partial charge on any atom is 0.250 e. The second kappa shape index (κ2) is 11.3. The number of ether oxygens (including phenoxy) is 2. The fraction of sp³-hybridized carbons (Fsp3) is 0.391. The Morgan fingerprint density at radius 1 is 1.00 bits per heavy atom. The highest BCUT2D eigenvalue weighted by molar-refractivity contribution is 6.12. The van der Waals surface area contributed by atoms with Gasteiger partial charge in [0.1, 0.15) is 17.2 Å². The predicted molar refractivity (Wildman–Crippen MR) is 114 cm³/mol. The van der Waals surface area contributed by atoms with E-state index in [1.54, 1.807) is 38.1 Å². The average molecular weight is 431 g/mol. The zero-order valence-electron chi connectivity index (χ0n) is 18.3. The van der Waals surface area contributed by atoms with Crippen LogP contribution >= 0.6 is 0 Å². The van der Waals surface area contributed by atoms with Gasteiger partial charge in [0.2, 0.25) is 0 Å². The van der Waals surface area contributed by atoms with E-state index in [9.17, 15) is 19.8 Å². The fourth-order valence-corrected chi connectivity index (χ4v) is 3.31. The molecule has 0 aliphatic heterocycles. The van der Waals surface area contributed by atoms with Crippen LogP contribution in [0.15, 0.2) is 30.3 Å². The zero-order valence-corrected chi connectivity index (χ0v) is 18.3. The number of hydrogen-bond acceptors (Lipinski definition) is 7. The monoisotopic (exact) mass is 431 g/mol. The number of phenols is 2. The first-order valence-corrected chi connectivity index (χ1v) is 10.0. The first kappa shape index (κ1) is 24.2. The van der Waals surface area contributed by atoms with Crippen molar-refractivity contribution < 1.29 is 34.1 Å². The Morgan fingerprint density at radius 3 is 2.23 bits per heavy atom. The first-order chi connectivity index (χ1) is 14.9. The van der Waals surface area contributed by atoms with Crippen molar-refractivity contribution in [1.82, 2.24) is 5.06 Å². The summed E-state index contributed by atoms with van der Waals surface area (Å²) >= 11 is 0. The highest BCUT2D eigenvalue weighted by atomic mass is 16.7. The molecule has 1 amide bonds. The summed E-state index contributed by atoms with van der Waals surface area (Å²) in [6, 6.07) is 7.57. The smallest absolute Gasteiger partial charge is 0.250 e. The van der Waals surface area contributed by atoms with Gasteiger partial charge in [-0.2, -0.15) is 0 Å². The van der Waals surface area contributed by atoms with Crippen LogP contribution in [0.25, 0.3) is 0 Å². The Bertz CT molecular complexity index is 909. The lowest BCUT2D eigenvalue weighted by Crippen LogP contribution is -2.35. The third-order valence-corrected chi connectivity index (χ3v) is 4.83. The van der Waals surface area contributed by atoms with Gasteiger partial charge in [-0.25, -0.2) is 5.06 Å². The largest absolute Gasteiger partial charge is 0.508 e. The van der Waals surface area contributed by atoms with Crippen LogP contribution < -0.4 is 4.74 Å². The van der Waals surface area contributed by atoms with Gasteiger partial charge in [0, 0.05) is 18.7 Å². The van der Waals surface area contributed by atoms with E-state index >= 15 is 0 Å². The highest BCUT2D eigenvalue weighted by Crippen LogP contribution is 2.35. The maximum atomic E-state index is 13.3. The minimum absolute atomic E-state index is 0.0173. The third kappa shape index (κ3) is 5.74. The number of methoxy groups -OCH3 is 2. The van der Waals surface area contributed by atoms with E-state index in [1.807, 2.05) is 0 Å². The number of benzene rings is 2. The Hall–Kier alpha value is -3.10. The van der Waals surface area contributed by atoms with Crippen molar-refractivity contribution in [3.8, 4) is 17.2 Å². The van der Waals surface area contributed by atoms with Crippen molar-refractivity contribution in [2.45, 2.75) is 26.7 Å². The predicted octanol–water partition coefficient (Wildman–Crippen LogP) is 2.87. The molecule has 0 atom stereocenters. The lowest BCUT2D eigenvalue weighted by molar-refractivity contribution is -0.186. The molecule has 2 aromatic rings. The summed E-state index contributed by atoms with van der Waals surface area (Å²) in [4.78, 5) is 31.6. The summed E-state index contributed by atoms with van der Waals surface area (Å²) in [5.74, 6) is -0.853. The van der Waals surface area contributed by atoms with Gasteiger partial charge in [-0.15, -0.1) is 0 Å². The van der Waals surface area contributed by atoms with Gasteiger partial charge in [-0.3, -0.25) is 14.4 Å². The van der Waals surface area contributed by atoms with Gasteiger partial charge in [0.25, 0.3) is 5.91 Å². The molecule has 0 saturated carbocycles. The Labute approximate surface area is 181 Å². The SMILES string of the molecule is CCON(CCOC)C(=O)Cc1c(CC)c(O)cc(O)c1C(=O)c1ccc(OC)cc1. The van der Waals surface area contributed by atoms with E-state index in [-0.39, 0.29) is 43.1 Å². The number of nitrogens with zero attached hydrogens (tertiary/aromatic N) is 1. The number of hydrogen-bond donors (Lipinski definition) is 2. The molecule has 168 valence electrons. The molecule has 8 nitrogen and oxygen atoms in total. The van der Waals surface area contributed by atoms with E-state index < -0.39 is 17.4 Å². The van der Waals surface area contributed by atoms with Crippen LogP contribution in [0.4, 0.5) is 0 Å². The van der Waals surface area contributed by atoms with Crippen molar-refractivity contribution in [3.63, 3.8) is 0 Å². The second-order valence-electron chi connectivity index (χ2n) is 6.74. The molecule has 0 radical (unpaired) electrons. The highest BCUT2D eigenvalue weighted by Gasteiger charge is 2.26. The van der Waals surface area contributed by atoms with Crippen molar-refractivity contribution in [2.75, 3.05) is 34.0 Å². The van der Waals surface area contributed by atoms with Crippen LogP contribution in [-0.4, -0.2) is 60.9 Å². The molecule has 0 fully saturated rings. The minimum atomic E-state index is -0.461. The van der Waals surface area contributed by atoms with Gasteiger partial charge in [-0.05, 0) is 48.7 Å². The standard InChI is InChI=1S/C23H29NO7/c1-5-17-18(13-21(27)24(31-6-2)11-12-29-3)22(20(26)14-19(17)25)23(28)15-7-9-16(30-4)10-8-15/h7-10,14,25-26H,5-6,11-13H2,1-4H3. The number of amides is 1. The van der Waals surface area contributed by atoms with E-state index in [1.165, 1.54) is 19.3 Å². The Kier molecular flexibility index (Phi) is 8.84. The van der Waals surface area contributed by atoms with E-state index in [4.69, 9.17) is 14.3 Å². The van der Waals surface area contributed by atoms with Crippen LogP contribution in [0.2, 0.25) is 0 Å². The molecule has 0 aliphatic rings. The van der Waals surface area contributed by atoms with Crippen LogP contribution in [0, 0.1) is 0 Å². The van der Waals surface area contributed by atoms with Gasteiger partial charge in [0.15, 0.2) is 5.78 Å². The van der Waals surface area contributed by atoms with Crippen molar-refractivity contribution in [1.29, 1.82) is 0 Å². The molecule has 8 heteroatoms. The van der Waals surface area contributed by atoms with Crippen LogP contribution in [0.3, 0.4) is 0 Å². The minimum Gasteiger partial charge on any atom is -0.508 e. The molecule has 0 heterocycles. The molecule has 0 bridgehead atoms. The molecule has 2 aromatic carbocycles. The Morgan fingerprint density at radius 2 is 1.68 bits per heavy atom. The van der Waals surface area contributed by atoms with E-state index in [0.29, 0.717) is 23.3 Å². The number of phenolic OH excluding ortho intramolecular Hbond substituents is 2. The topological polar surface area (TPSA) is 106 Å². The third-order valence-electron chi connectivity index (χ3n) is 4.83. The lowest BCUT2D eigenvalue weighted by Gasteiger charge is -2.23. The van der Waals surface area contributed by atoms with Crippen LogP contribution in [-0.2, 0) is 27.2 Å². The van der Waals surface area contributed by atoms with E-state index in [2.05, 4.69) is 0 Å². The number of carbonyl (C=O) groups is 2. The van der Waals surface area contributed by atoms with Crippen LogP contribution in [0.5, 0.6) is 17.2 Å². The van der Waals surface area contributed by atoms with Crippen LogP contribution in [0.1, 0.15) is 40.9 Å². The number of hydroxylamine groups is 2. The second-order valence-corrected chi connectivity index (χ2v) is 6.74. The molecule has 31 heavy (non-hydrogen) atoms. The number of aromatic hydroxyl groups is 2. The molecule has 0 aromatic heterocycles. The normalized spacial score (nSPS) is 10.7. The molecule has 0 saturated heterocycles. The average Bonchev–Trinajstić information content (AvgIpc) is 2.76. The summed E-state index contributed by atoms with van der Waals surface area (Å²) in [5.41, 5.74) is 0.995. The summed E-state index contributed by atoms with van der Waals surface area (Å²) in [6.07, 6.45) is 0.135. The van der Waals surface area contributed by atoms with Gasteiger partial charge in [-0.1, -0.05) is 6.92 Å². The summed E-state index contributed by atoms with van der Waals surface area (Å²) < 4.78 is 10.1. The quantitative estimate of drug-likeness (QED) is 0.416. The summed E-state index contributed by atoms with van der Waals surface area (Å²) in [7, 11) is 3.04. The molecular formula is C23H29NO7. The zero-order chi connectivity index (χ0) is 23.0. The van der Waals surface area contributed by atoms with Gasteiger partial charge >= 0.3 is 0 Å². The Balaban J connectivity index is 2.51. The molecular weight excluding hydrogens is 402 g/mol. The van der Waals surface area contributed by atoms with Gasteiger partial charge < -0.3 is 19.7 Å². The lowest BCUT2D eigenvalue weighted by atomic mass is 9.90. The molecule has 2 rings (SSSR count). The number of rotatable bonds is 11. The van der Waals surface area contributed by atoms with E-state index in [0.717, 1.165) is 6.07 Å². The number of ketones is 1. The first-order valence-electron chi connectivity index (χ1n) is 10.0. The number of carbonyl (C=O) groups excluding carboxylic acids is 2. The van der Waals surface area contributed by atoms with Crippen molar-refractivity contribution >= 4 is 11.7 Å². The molecule has 2 N–H and O–H groups in total. The summed E-state index contributed by atoms with van der Waals surface area (Å²) in [5, 5.41) is 22.1. The van der Waals surface area contributed by atoms with Crippen molar-refractivity contribution in [2.24, 2.45) is 0 Å². The molecule has 0 unspecified atom stereocenters. The fourth-order valence-electron chi connectivity index (χ4n) is 3.31. The summed E-state index contributed by atoms with van der Waals surface area (Å²) in [6.45, 7) is 4.31. The maximum absolute atomic E-state index is 13.3. The van der Waals surface area contributed by atoms with Crippen molar-refractivity contribution in [3.05, 3.63) is 52.6 Å². The molecule has 0 spiro atoms. The molecule has 0 aliphatic carbocycles.